The van der Waals surface area contributed by atoms with Gasteiger partial charge in [0.05, 0.1) is 5.56 Å². The summed E-state index contributed by atoms with van der Waals surface area (Å²) in [5, 5.41) is 10.1. The topological polar surface area (TPSA) is 96.5 Å². The number of ether oxygens (including phenoxy) is 1. The van der Waals surface area contributed by atoms with Crippen molar-refractivity contribution < 1.29 is 19.4 Å². The number of benzene rings is 2. The number of aliphatic carboxylic acids is 1. The lowest BCUT2D eigenvalue weighted by Crippen LogP contribution is -2.38. The normalized spacial score (nSPS) is 11.7. The molecule has 0 amide bonds. The molecule has 0 aliphatic carbocycles. The summed E-state index contributed by atoms with van der Waals surface area (Å²) in [5.41, 5.74) is 1.20. The Hall–Kier alpha value is -3.67. The first-order chi connectivity index (χ1) is 14.1. The smallest absolute Gasteiger partial charge is 0.347 e. The molecule has 6 heteroatoms. The van der Waals surface area contributed by atoms with Crippen molar-refractivity contribution in [2.75, 3.05) is 0 Å². The van der Waals surface area contributed by atoms with Crippen LogP contribution in [0.5, 0.6) is 5.75 Å². The van der Waals surface area contributed by atoms with Gasteiger partial charge in [0, 0.05) is 5.52 Å². The number of fused-ring (bicyclic) bond motifs is 1. The van der Waals surface area contributed by atoms with Gasteiger partial charge < -0.3 is 14.8 Å². The van der Waals surface area contributed by atoms with Gasteiger partial charge in [-0.1, -0.05) is 24.3 Å². The Bertz CT molecular complexity index is 1210. The van der Waals surface area contributed by atoms with E-state index in [4.69, 9.17) is 4.74 Å². The number of aromatic amines is 1. The number of allylic oxidation sites excluding steroid dienone is 1. The van der Waals surface area contributed by atoms with Gasteiger partial charge in [-0.2, -0.15) is 0 Å². The largest absolute Gasteiger partial charge is 0.478 e. The molecule has 0 spiro atoms. The maximum absolute atomic E-state index is 12.6. The van der Waals surface area contributed by atoms with Crippen LogP contribution in [0.2, 0.25) is 0 Å². The minimum absolute atomic E-state index is 0.0709. The van der Waals surface area contributed by atoms with E-state index < -0.39 is 22.9 Å². The van der Waals surface area contributed by atoms with Crippen molar-refractivity contribution in [3.63, 3.8) is 0 Å². The van der Waals surface area contributed by atoms with Crippen LogP contribution in [0.4, 0.5) is 0 Å². The van der Waals surface area contributed by atoms with E-state index in [0.29, 0.717) is 11.3 Å². The fourth-order valence-electron chi connectivity index (χ4n) is 3.13. The highest BCUT2D eigenvalue weighted by atomic mass is 16.5. The third kappa shape index (κ3) is 4.33. The number of carbonyl (C=O) groups is 2. The van der Waals surface area contributed by atoms with Crippen LogP contribution in [0.1, 0.15) is 40.9 Å². The molecule has 0 saturated carbocycles. The van der Waals surface area contributed by atoms with Gasteiger partial charge in [0.2, 0.25) is 0 Å². The third-order valence-electron chi connectivity index (χ3n) is 4.80. The molecule has 0 bridgehead atoms. The standard InChI is InChI=1S/C24H23NO5/c1-14-11-16(12-15(2)21(14)30-24(3,4)23(28)29)9-10-20(26)18-13-17-7-5-6-8-19(17)25-22(18)27/h5-13H,1-4H3,(H,25,27)(H,28,29). The number of rotatable bonds is 6. The van der Waals surface area contributed by atoms with E-state index in [-0.39, 0.29) is 5.56 Å². The molecular formula is C24H23NO5. The number of aryl methyl sites for hydroxylation is 2. The molecule has 6 nitrogen and oxygen atoms in total. The lowest BCUT2D eigenvalue weighted by molar-refractivity contribution is -0.152. The number of pyridine rings is 1. The van der Waals surface area contributed by atoms with Gasteiger partial charge in [0.25, 0.3) is 5.56 Å². The molecule has 3 aromatic rings. The number of ketones is 1. The monoisotopic (exact) mass is 405 g/mol. The van der Waals surface area contributed by atoms with Gasteiger partial charge in [-0.3, -0.25) is 9.59 Å². The fourth-order valence-corrected chi connectivity index (χ4v) is 3.13. The van der Waals surface area contributed by atoms with E-state index in [2.05, 4.69) is 4.98 Å². The lowest BCUT2D eigenvalue weighted by atomic mass is 10.0. The third-order valence-corrected chi connectivity index (χ3v) is 4.80. The highest BCUT2D eigenvalue weighted by Crippen LogP contribution is 2.29. The molecular weight excluding hydrogens is 382 g/mol. The first-order valence-corrected chi connectivity index (χ1v) is 9.46. The number of aromatic nitrogens is 1. The summed E-state index contributed by atoms with van der Waals surface area (Å²) in [5.74, 6) is -0.960. The van der Waals surface area contributed by atoms with Gasteiger partial charge >= 0.3 is 5.97 Å². The van der Waals surface area contributed by atoms with Crippen molar-refractivity contribution >= 4 is 28.7 Å². The Morgan fingerprint density at radius 2 is 1.70 bits per heavy atom. The SMILES string of the molecule is Cc1cc(C=CC(=O)c2cc3ccccc3[nH]c2=O)cc(C)c1OC(C)(C)C(=O)O. The second kappa shape index (κ2) is 7.99. The molecule has 2 aromatic carbocycles. The second-order valence-corrected chi connectivity index (χ2v) is 7.70. The van der Waals surface area contributed by atoms with E-state index in [0.717, 1.165) is 22.1 Å². The Kier molecular flexibility index (Phi) is 5.60. The molecule has 0 saturated heterocycles. The number of H-pyrrole nitrogens is 1. The molecule has 0 aliphatic heterocycles. The maximum atomic E-state index is 12.6. The fraction of sp³-hybridized carbons (Fsp3) is 0.208. The predicted octanol–water partition coefficient (Wildman–Crippen LogP) is 4.28. The highest BCUT2D eigenvalue weighted by molar-refractivity contribution is 6.08. The van der Waals surface area contributed by atoms with Crippen molar-refractivity contribution in [3.8, 4) is 5.75 Å². The van der Waals surface area contributed by atoms with Crippen LogP contribution in [-0.4, -0.2) is 27.4 Å². The van der Waals surface area contributed by atoms with Crippen molar-refractivity contribution in [2.24, 2.45) is 0 Å². The highest BCUT2D eigenvalue weighted by Gasteiger charge is 2.30. The summed E-state index contributed by atoms with van der Waals surface area (Å²) in [4.78, 5) is 38.9. The number of hydrogen-bond donors (Lipinski definition) is 2. The number of carboxylic acid groups (broad SMARTS) is 1. The first kappa shape index (κ1) is 21.0. The quantitative estimate of drug-likeness (QED) is 0.471. The second-order valence-electron chi connectivity index (χ2n) is 7.70. The van der Waals surface area contributed by atoms with Crippen LogP contribution in [0.15, 0.2) is 53.3 Å². The van der Waals surface area contributed by atoms with Crippen LogP contribution < -0.4 is 10.3 Å². The molecule has 0 aliphatic rings. The van der Waals surface area contributed by atoms with Crippen molar-refractivity contribution in [3.05, 3.63) is 81.1 Å². The lowest BCUT2D eigenvalue weighted by Gasteiger charge is -2.24. The number of carboxylic acids is 1. The van der Waals surface area contributed by atoms with Gasteiger partial charge in [0.15, 0.2) is 11.4 Å². The molecule has 0 unspecified atom stereocenters. The van der Waals surface area contributed by atoms with Gasteiger partial charge in [0.1, 0.15) is 5.75 Å². The van der Waals surface area contributed by atoms with Crippen LogP contribution in [0.25, 0.3) is 17.0 Å². The van der Waals surface area contributed by atoms with Crippen LogP contribution in [-0.2, 0) is 4.79 Å². The average molecular weight is 405 g/mol. The Balaban J connectivity index is 1.88. The minimum Gasteiger partial charge on any atom is -0.478 e. The van der Waals surface area contributed by atoms with Gasteiger partial charge in [-0.05, 0) is 80.1 Å². The summed E-state index contributed by atoms with van der Waals surface area (Å²) < 4.78 is 5.70. The zero-order valence-corrected chi connectivity index (χ0v) is 17.3. The summed E-state index contributed by atoms with van der Waals surface area (Å²) in [7, 11) is 0. The minimum atomic E-state index is -1.36. The summed E-state index contributed by atoms with van der Waals surface area (Å²) in [6.45, 7) is 6.60. The van der Waals surface area contributed by atoms with Crippen LogP contribution in [0.3, 0.4) is 0 Å². The van der Waals surface area contributed by atoms with Gasteiger partial charge in [-0.15, -0.1) is 0 Å². The van der Waals surface area contributed by atoms with Crippen molar-refractivity contribution in [2.45, 2.75) is 33.3 Å². The number of para-hydroxylation sites is 1. The van der Waals surface area contributed by atoms with E-state index >= 15 is 0 Å². The van der Waals surface area contributed by atoms with E-state index in [1.54, 1.807) is 30.3 Å². The van der Waals surface area contributed by atoms with Crippen LogP contribution >= 0.6 is 0 Å². The zero-order valence-electron chi connectivity index (χ0n) is 17.3. The van der Waals surface area contributed by atoms with E-state index in [9.17, 15) is 19.5 Å². The maximum Gasteiger partial charge on any atom is 0.347 e. The molecule has 2 N–H and O–H groups in total. The van der Waals surface area contributed by atoms with Crippen molar-refractivity contribution in [1.82, 2.24) is 4.98 Å². The summed E-state index contributed by atoms with van der Waals surface area (Å²) >= 11 is 0. The van der Waals surface area contributed by atoms with Crippen LogP contribution in [0, 0.1) is 13.8 Å². The summed E-state index contributed by atoms with van der Waals surface area (Å²) in [6, 6.07) is 12.4. The van der Waals surface area contributed by atoms with E-state index in [1.165, 1.54) is 19.9 Å². The number of hydrogen-bond acceptors (Lipinski definition) is 4. The molecule has 0 radical (unpaired) electrons. The molecule has 0 fully saturated rings. The first-order valence-electron chi connectivity index (χ1n) is 9.46. The van der Waals surface area contributed by atoms with Crippen molar-refractivity contribution in [1.29, 1.82) is 0 Å². The van der Waals surface area contributed by atoms with E-state index in [1.807, 2.05) is 32.0 Å². The molecule has 1 heterocycles. The predicted molar refractivity (Wildman–Crippen MR) is 116 cm³/mol. The molecule has 0 atom stereocenters. The number of carbonyl (C=O) groups excluding carboxylic acids is 1. The Morgan fingerprint density at radius 1 is 1.07 bits per heavy atom. The van der Waals surface area contributed by atoms with Gasteiger partial charge in [-0.25, -0.2) is 4.79 Å². The molecule has 3 rings (SSSR count). The average Bonchev–Trinajstić information content (AvgIpc) is 2.68. The Labute approximate surface area is 173 Å². The number of nitrogens with one attached hydrogen (secondary N) is 1. The molecule has 30 heavy (non-hydrogen) atoms. The molecule has 1 aromatic heterocycles. The summed E-state index contributed by atoms with van der Waals surface area (Å²) in [6.07, 6.45) is 2.98. The zero-order chi connectivity index (χ0) is 22.1. The Morgan fingerprint density at radius 3 is 2.33 bits per heavy atom. The molecule has 154 valence electrons.